The Hall–Kier alpha value is -0.670. The molecule has 3 heteroatoms. The van der Waals surface area contributed by atoms with E-state index < -0.39 is 0 Å². The largest absolute Gasteiger partial charge is 0.311 e. The maximum Gasteiger partial charge on any atom is 0.311 e. The fourth-order valence-electron chi connectivity index (χ4n) is 0.667. The van der Waals surface area contributed by atoms with Gasteiger partial charge in [0.25, 0.3) is 0 Å². The number of hydrogen-bond acceptors (Lipinski definition) is 2. The van der Waals surface area contributed by atoms with Crippen molar-refractivity contribution in [3.8, 4) is 0 Å². The van der Waals surface area contributed by atoms with Crippen molar-refractivity contribution in [1.29, 1.82) is 0 Å². The van der Waals surface area contributed by atoms with Crippen LogP contribution >= 0.6 is 24.0 Å². The van der Waals surface area contributed by atoms with Crippen LogP contribution in [0.3, 0.4) is 0 Å². The number of thioether (sulfide) groups is 1. The number of benzene rings is 1. The summed E-state index contributed by atoms with van der Waals surface area (Å²) in [5.41, 5.74) is 0. The van der Waals surface area contributed by atoms with Gasteiger partial charge < -0.3 is 0 Å². The van der Waals surface area contributed by atoms with Crippen LogP contribution in [0, 0.1) is 0 Å². The molecule has 0 aliphatic rings. The van der Waals surface area contributed by atoms with E-state index in [-0.39, 0.29) is 0 Å². The molecule has 1 rings (SSSR count). The van der Waals surface area contributed by atoms with E-state index in [1.807, 2.05) is 37.4 Å². The van der Waals surface area contributed by atoms with Crippen LogP contribution in [-0.2, 0) is 0 Å². The van der Waals surface area contributed by atoms with Crippen LogP contribution in [0.15, 0.2) is 35.2 Å². The average molecular weight is 196 g/mol. The molecule has 0 radical (unpaired) electrons. The molecule has 0 aliphatic carbocycles. The summed E-state index contributed by atoms with van der Waals surface area (Å²) in [7, 11) is 1.85. The summed E-state index contributed by atoms with van der Waals surface area (Å²) in [5.74, 6) is 0. The fraction of sp³-hybridized carbons (Fsp3) is 0.111. The zero-order valence-corrected chi connectivity index (χ0v) is 8.49. The highest BCUT2D eigenvalue weighted by molar-refractivity contribution is 8.22. The lowest BCUT2D eigenvalue weighted by molar-refractivity contribution is -0.349. The van der Waals surface area contributed by atoms with Crippen molar-refractivity contribution in [3.05, 3.63) is 30.3 Å². The van der Waals surface area contributed by atoms with Crippen molar-refractivity contribution in [2.24, 2.45) is 0 Å². The highest BCUT2D eigenvalue weighted by Crippen LogP contribution is 2.18. The van der Waals surface area contributed by atoms with Gasteiger partial charge in [0.15, 0.2) is 0 Å². The molecule has 0 spiro atoms. The Morgan fingerprint density at radius 2 is 2.00 bits per heavy atom. The molecule has 0 aliphatic heterocycles. The van der Waals surface area contributed by atoms with Crippen molar-refractivity contribution < 1.29 is 4.58 Å². The second-order valence-electron chi connectivity index (χ2n) is 2.38. The first kappa shape index (κ1) is 9.42. The van der Waals surface area contributed by atoms with E-state index in [2.05, 4.69) is 6.72 Å². The molecule has 0 amide bonds. The lowest BCUT2D eigenvalue weighted by Gasteiger charge is -1.96. The van der Waals surface area contributed by atoms with E-state index in [1.165, 1.54) is 0 Å². The van der Waals surface area contributed by atoms with Crippen LogP contribution in [0.25, 0.3) is 0 Å². The standard InChI is InChI=1S/C9H10NS2/c1-10(2)9(11)12-8-6-4-3-5-7-8/h3-7H,1H2,2H3/q+1. The first-order chi connectivity index (χ1) is 5.70. The Bertz CT molecular complexity index is 293. The number of thiocarbonyl (C=S) groups is 1. The van der Waals surface area contributed by atoms with Gasteiger partial charge in [0.2, 0.25) is 0 Å². The van der Waals surface area contributed by atoms with Gasteiger partial charge in [-0.2, -0.15) is 4.58 Å². The molecule has 0 atom stereocenters. The minimum absolute atomic E-state index is 0.779. The Labute approximate surface area is 82.1 Å². The highest BCUT2D eigenvalue weighted by atomic mass is 32.2. The van der Waals surface area contributed by atoms with Crippen LogP contribution in [0.2, 0.25) is 0 Å². The maximum atomic E-state index is 5.09. The van der Waals surface area contributed by atoms with Gasteiger partial charge in [-0.15, -0.1) is 0 Å². The fourth-order valence-corrected chi connectivity index (χ4v) is 1.61. The zero-order valence-electron chi connectivity index (χ0n) is 6.86. The Morgan fingerprint density at radius 1 is 1.42 bits per heavy atom. The molecule has 0 saturated heterocycles. The zero-order chi connectivity index (χ0) is 8.97. The Kier molecular flexibility index (Phi) is 3.44. The summed E-state index contributed by atoms with van der Waals surface area (Å²) in [4.78, 5) is 1.15. The monoisotopic (exact) mass is 196 g/mol. The lowest BCUT2D eigenvalue weighted by Crippen LogP contribution is -2.06. The molecule has 0 fully saturated rings. The molecule has 0 aromatic heterocycles. The van der Waals surface area contributed by atoms with Gasteiger partial charge in [-0.05, 0) is 23.9 Å². The number of nitrogens with zero attached hydrogens (tertiary/aromatic N) is 1. The second-order valence-corrected chi connectivity index (χ2v) is 4.09. The van der Waals surface area contributed by atoms with E-state index in [4.69, 9.17) is 12.2 Å². The lowest BCUT2D eigenvalue weighted by atomic mass is 10.4. The molecule has 0 unspecified atom stereocenters. The summed E-state index contributed by atoms with van der Waals surface area (Å²) in [6, 6.07) is 10.0. The number of rotatable bonds is 1. The molecule has 12 heavy (non-hydrogen) atoms. The summed E-state index contributed by atoms with van der Waals surface area (Å²) in [6.45, 7) is 3.71. The molecule has 1 aromatic carbocycles. The van der Waals surface area contributed by atoms with E-state index in [1.54, 1.807) is 16.3 Å². The Morgan fingerprint density at radius 3 is 2.50 bits per heavy atom. The smallest absolute Gasteiger partial charge is 0.193 e. The van der Waals surface area contributed by atoms with Gasteiger partial charge in [0.05, 0.1) is 0 Å². The maximum absolute atomic E-state index is 5.09. The van der Waals surface area contributed by atoms with Gasteiger partial charge >= 0.3 is 4.32 Å². The molecular formula is C9H10NS2+. The first-order valence-electron chi connectivity index (χ1n) is 3.51. The predicted molar refractivity (Wildman–Crippen MR) is 58.2 cm³/mol. The normalized spacial score (nSPS) is 9.42. The molecule has 1 nitrogen and oxygen atoms in total. The highest BCUT2D eigenvalue weighted by Gasteiger charge is 2.05. The summed E-state index contributed by atoms with van der Waals surface area (Å²) < 4.78 is 2.47. The van der Waals surface area contributed by atoms with E-state index >= 15 is 0 Å². The molecule has 1 aromatic rings. The van der Waals surface area contributed by atoms with Crippen LogP contribution in [0.4, 0.5) is 0 Å². The van der Waals surface area contributed by atoms with E-state index in [0.29, 0.717) is 0 Å². The molecule has 0 bridgehead atoms. The average Bonchev–Trinajstić information content (AvgIpc) is 2.06. The van der Waals surface area contributed by atoms with Gasteiger partial charge in [-0.3, -0.25) is 0 Å². The third-order valence-corrected chi connectivity index (χ3v) is 2.82. The third kappa shape index (κ3) is 2.75. The van der Waals surface area contributed by atoms with Crippen molar-refractivity contribution in [2.75, 3.05) is 7.05 Å². The first-order valence-corrected chi connectivity index (χ1v) is 4.73. The van der Waals surface area contributed by atoms with Crippen molar-refractivity contribution in [2.45, 2.75) is 4.90 Å². The molecule has 0 heterocycles. The van der Waals surface area contributed by atoms with Gasteiger partial charge in [-0.25, -0.2) is 0 Å². The summed E-state index contributed by atoms with van der Waals surface area (Å²) in [5, 5.41) is 0. The minimum atomic E-state index is 0.779. The molecule has 0 N–H and O–H groups in total. The Balaban J connectivity index is 2.65. The van der Waals surface area contributed by atoms with E-state index in [9.17, 15) is 0 Å². The van der Waals surface area contributed by atoms with Crippen molar-refractivity contribution >= 4 is 35.0 Å². The van der Waals surface area contributed by atoms with Crippen LogP contribution in [0.5, 0.6) is 0 Å². The minimum Gasteiger partial charge on any atom is -0.193 e. The summed E-state index contributed by atoms with van der Waals surface area (Å²) >= 11 is 6.63. The van der Waals surface area contributed by atoms with Crippen molar-refractivity contribution in [1.82, 2.24) is 0 Å². The topological polar surface area (TPSA) is 3.01 Å². The van der Waals surface area contributed by atoms with Crippen LogP contribution < -0.4 is 0 Å². The molecule has 0 saturated carbocycles. The van der Waals surface area contributed by atoms with E-state index in [0.717, 1.165) is 9.22 Å². The quantitative estimate of drug-likeness (QED) is 0.294. The van der Waals surface area contributed by atoms with Gasteiger partial charge in [0.1, 0.15) is 13.8 Å². The SMILES string of the molecule is C=[N+](C)C(=S)Sc1ccccc1. The van der Waals surface area contributed by atoms with Gasteiger partial charge in [-0.1, -0.05) is 18.2 Å². The van der Waals surface area contributed by atoms with Crippen molar-refractivity contribution in [3.63, 3.8) is 0 Å². The van der Waals surface area contributed by atoms with Crippen LogP contribution in [-0.4, -0.2) is 22.7 Å². The summed E-state index contributed by atoms with van der Waals surface area (Å²) in [6.07, 6.45) is 0. The third-order valence-electron chi connectivity index (χ3n) is 1.26. The predicted octanol–water partition coefficient (Wildman–Crippen LogP) is 2.41. The van der Waals surface area contributed by atoms with Crippen LogP contribution in [0.1, 0.15) is 0 Å². The second kappa shape index (κ2) is 4.38. The molecular weight excluding hydrogens is 186 g/mol. The van der Waals surface area contributed by atoms with Gasteiger partial charge in [0, 0.05) is 17.1 Å². The molecule has 62 valence electrons. The number of hydrogen-bond donors (Lipinski definition) is 0.